The fourth-order valence-corrected chi connectivity index (χ4v) is 2.10. The third kappa shape index (κ3) is 3.35. The molecule has 0 saturated heterocycles. The van der Waals surface area contributed by atoms with Gasteiger partial charge in [0.25, 0.3) is 5.91 Å². The SMILES string of the molecule is CNc1cccc(C(=O)Nc2cc(Br)ccc2C)c1. The summed E-state index contributed by atoms with van der Waals surface area (Å²) in [4.78, 5) is 12.2. The lowest BCUT2D eigenvalue weighted by Gasteiger charge is -2.09. The van der Waals surface area contributed by atoms with E-state index >= 15 is 0 Å². The highest BCUT2D eigenvalue weighted by Crippen LogP contribution is 2.21. The Bertz CT molecular complexity index is 611. The number of hydrogen-bond donors (Lipinski definition) is 2. The van der Waals surface area contributed by atoms with Crippen molar-refractivity contribution in [2.24, 2.45) is 0 Å². The number of halogens is 1. The van der Waals surface area contributed by atoms with Crippen LogP contribution in [0.15, 0.2) is 46.9 Å². The van der Waals surface area contributed by atoms with E-state index in [0.717, 1.165) is 21.4 Å². The van der Waals surface area contributed by atoms with E-state index in [1.54, 1.807) is 6.07 Å². The zero-order chi connectivity index (χ0) is 13.8. The van der Waals surface area contributed by atoms with Crippen LogP contribution >= 0.6 is 15.9 Å². The van der Waals surface area contributed by atoms with Crippen LogP contribution in [0.25, 0.3) is 0 Å². The van der Waals surface area contributed by atoms with E-state index in [2.05, 4.69) is 26.6 Å². The molecule has 0 heterocycles. The smallest absolute Gasteiger partial charge is 0.255 e. The second-order valence-electron chi connectivity index (χ2n) is 4.24. The quantitative estimate of drug-likeness (QED) is 0.896. The van der Waals surface area contributed by atoms with Crippen molar-refractivity contribution >= 4 is 33.2 Å². The van der Waals surface area contributed by atoms with Gasteiger partial charge in [0.05, 0.1) is 0 Å². The third-order valence-corrected chi connectivity index (χ3v) is 3.35. The summed E-state index contributed by atoms with van der Waals surface area (Å²) in [5.74, 6) is -0.113. The van der Waals surface area contributed by atoms with Crippen LogP contribution < -0.4 is 10.6 Å². The molecule has 1 amide bonds. The molecule has 4 heteroatoms. The molecule has 0 aliphatic heterocycles. The highest BCUT2D eigenvalue weighted by atomic mass is 79.9. The van der Waals surface area contributed by atoms with Crippen LogP contribution in [0.2, 0.25) is 0 Å². The van der Waals surface area contributed by atoms with E-state index in [1.165, 1.54) is 0 Å². The molecule has 2 aromatic rings. The van der Waals surface area contributed by atoms with Gasteiger partial charge in [0.1, 0.15) is 0 Å². The molecular weight excluding hydrogens is 304 g/mol. The maximum Gasteiger partial charge on any atom is 0.255 e. The van der Waals surface area contributed by atoms with Crippen molar-refractivity contribution in [3.8, 4) is 0 Å². The number of amides is 1. The number of hydrogen-bond acceptors (Lipinski definition) is 2. The minimum atomic E-state index is -0.113. The predicted octanol–water partition coefficient (Wildman–Crippen LogP) is 4.05. The van der Waals surface area contributed by atoms with Crippen LogP contribution in [0.1, 0.15) is 15.9 Å². The second kappa shape index (κ2) is 5.89. The minimum absolute atomic E-state index is 0.113. The van der Waals surface area contributed by atoms with Gasteiger partial charge in [0.2, 0.25) is 0 Å². The highest BCUT2D eigenvalue weighted by molar-refractivity contribution is 9.10. The van der Waals surface area contributed by atoms with E-state index in [0.29, 0.717) is 5.56 Å². The van der Waals surface area contributed by atoms with E-state index < -0.39 is 0 Å². The molecule has 0 fully saturated rings. The lowest BCUT2D eigenvalue weighted by molar-refractivity contribution is 0.102. The molecule has 2 rings (SSSR count). The molecule has 0 saturated carbocycles. The van der Waals surface area contributed by atoms with Gasteiger partial charge in [-0.3, -0.25) is 4.79 Å². The topological polar surface area (TPSA) is 41.1 Å². The average Bonchev–Trinajstić information content (AvgIpc) is 2.43. The first-order valence-corrected chi connectivity index (χ1v) is 6.75. The molecule has 2 aromatic carbocycles. The van der Waals surface area contributed by atoms with Gasteiger partial charge >= 0.3 is 0 Å². The number of anilines is 2. The molecule has 0 aliphatic rings. The molecule has 2 N–H and O–H groups in total. The first-order valence-electron chi connectivity index (χ1n) is 5.95. The van der Waals surface area contributed by atoms with Crippen molar-refractivity contribution < 1.29 is 4.79 Å². The third-order valence-electron chi connectivity index (χ3n) is 2.86. The van der Waals surface area contributed by atoms with Crippen LogP contribution in [0.3, 0.4) is 0 Å². The second-order valence-corrected chi connectivity index (χ2v) is 5.16. The van der Waals surface area contributed by atoms with Crippen molar-refractivity contribution in [2.75, 3.05) is 17.7 Å². The molecule has 98 valence electrons. The molecule has 0 aliphatic carbocycles. The summed E-state index contributed by atoms with van der Waals surface area (Å²) in [6.45, 7) is 1.96. The van der Waals surface area contributed by atoms with Gasteiger partial charge in [-0.05, 0) is 42.8 Å². The molecule has 0 spiro atoms. The van der Waals surface area contributed by atoms with Gasteiger partial charge in [0, 0.05) is 28.5 Å². The summed E-state index contributed by atoms with van der Waals surface area (Å²) in [6.07, 6.45) is 0. The lowest BCUT2D eigenvalue weighted by Crippen LogP contribution is -2.13. The molecular formula is C15H15BrN2O. The Labute approximate surface area is 121 Å². The van der Waals surface area contributed by atoms with Crippen molar-refractivity contribution in [2.45, 2.75) is 6.92 Å². The van der Waals surface area contributed by atoms with E-state index in [4.69, 9.17) is 0 Å². The first kappa shape index (κ1) is 13.6. The fraction of sp³-hybridized carbons (Fsp3) is 0.133. The monoisotopic (exact) mass is 318 g/mol. The van der Waals surface area contributed by atoms with Gasteiger partial charge in [0.15, 0.2) is 0 Å². The Hall–Kier alpha value is -1.81. The molecule has 0 aromatic heterocycles. The zero-order valence-electron chi connectivity index (χ0n) is 10.8. The zero-order valence-corrected chi connectivity index (χ0v) is 12.4. The summed E-state index contributed by atoms with van der Waals surface area (Å²) >= 11 is 3.40. The van der Waals surface area contributed by atoms with E-state index in [1.807, 2.05) is 50.4 Å². The highest BCUT2D eigenvalue weighted by Gasteiger charge is 2.08. The van der Waals surface area contributed by atoms with Crippen LogP contribution in [-0.4, -0.2) is 13.0 Å². The maximum atomic E-state index is 12.2. The van der Waals surface area contributed by atoms with Gasteiger partial charge in [-0.1, -0.05) is 28.1 Å². The van der Waals surface area contributed by atoms with Crippen LogP contribution in [0.5, 0.6) is 0 Å². The number of carbonyl (C=O) groups excluding carboxylic acids is 1. The number of benzene rings is 2. The number of nitrogens with one attached hydrogen (secondary N) is 2. The number of carbonyl (C=O) groups is 1. The Morgan fingerprint density at radius 1 is 1.16 bits per heavy atom. The van der Waals surface area contributed by atoms with Crippen LogP contribution in [-0.2, 0) is 0 Å². The lowest BCUT2D eigenvalue weighted by atomic mass is 10.1. The summed E-state index contributed by atoms with van der Waals surface area (Å²) in [5.41, 5.74) is 3.39. The molecule has 0 unspecified atom stereocenters. The Kier molecular flexibility index (Phi) is 4.22. The van der Waals surface area contributed by atoms with Gasteiger partial charge < -0.3 is 10.6 Å². The normalized spacial score (nSPS) is 10.1. The molecule has 0 atom stereocenters. The first-order chi connectivity index (χ1) is 9.10. The number of aryl methyl sites for hydroxylation is 1. The van der Waals surface area contributed by atoms with Crippen molar-refractivity contribution in [1.82, 2.24) is 0 Å². The summed E-state index contributed by atoms with van der Waals surface area (Å²) in [6, 6.07) is 13.2. The average molecular weight is 319 g/mol. The Morgan fingerprint density at radius 3 is 2.68 bits per heavy atom. The van der Waals surface area contributed by atoms with Crippen LogP contribution in [0, 0.1) is 6.92 Å². The predicted molar refractivity (Wildman–Crippen MR) is 82.8 cm³/mol. The number of rotatable bonds is 3. The largest absolute Gasteiger partial charge is 0.388 e. The maximum absolute atomic E-state index is 12.2. The Balaban J connectivity index is 2.22. The van der Waals surface area contributed by atoms with E-state index in [-0.39, 0.29) is 5.91 Å². The fourth-order valence-electron chi connectivity index (χ4n) is 1.74. The van der Waals surface area contributed by atoms with Crippen LogP contribution in [0.4, 0.5) is 11.4 Å². The van der Waals surface area contributed by atoms with Crippen molar-refractivity contribution in [3.63, 3.8) is 0 Å². The Morgan fingerprint density at radius 2 is 1.95 bits per heavy atom. The summed E-state index contributed by atoms with van der Waals surface area (Å²) in [7, 11) is 1.83. The summed E-state index contributed by atoms with van der Waals surface area (Å²) in [5, 5.41) is 5.94. The molecule has 19 heavy (non-hydrogen) atoms. The standard InChI is InChI=1S/C15H15BrN2O/c1-10-6-7-12(16)9-14(10)18-15(19)11-4-3-5-13(8-11)17-2/h3-9,17H,1-2H3,(H,18,19). The molecule has 3 nitrogen and oxygen atoms in total. The minimum Gasteiger partial charge on any atom is -0.388 e. The molecule has 0 bridgehead atoms. The van der Waals surface area contributed by atoms with Gasteiger partial charge in [-0.25, -0.2) is 0 Å². The van der Waals surface area contributed by atoms with Crippen molar-refractivity contribution in [1.29, 1.82) is 0 Å². The summed E-state index contributed by atoms with van der Waals surface area (Å²) < 4.78 is 0.942. The van der Waals surface area contributed by atoms with Gasteiger partial charge in [-0.2, -0.15) is 0 Å². The van der Waals surface area contributed by atoms with Crippen molar-refractivity contribution in [3.05, 3.63) is 58.1 Å². The van der Waals surface area contributed by atoms with E-state index in [9.17, 15) is 4.79 Å². The molecule has 0 radical (unpaired) electrons. The van der Waals surface area contributed by atoms with Gasteiger partial charge in [-0.15, -0.1) is 0 Å².